The highest BCUT2D eigenvalue weighted by Gasteiger charge is 2.08. The zero-order valence-corrected chi connectivity index (χ0v) is 17.0. The van der Waals surface area contributed by atoms with Crippen LogP contribution in [0.2, 0.25) is 0 Å². The monoisotopic (exact) mass is 439 g/mol. The van der Waals surface area contributed by atoms with Crippen molar-refractivity contribution in [2.24, 2.45) is 4.99 Å². The first-order valence-electron chi connectivity index (χ1n) is 8.77. The summed E-state index contributed by atoms with van der Waals surface area (Å²) < 4.78 is 0. The first-order chi connectivity index (χ1) is 10.8. The first-order valence-corrected chi connectivity index (χ1v) is 8.77. The fraction of sp³-hybridized carbons (Fsp3) is 0.875. The fourth-order valence-electron chi connectivity index (χ4n) is 2.61. The zero-order chi connectivity index (χ0) is 16.0. The van der Waals surface area contributed by atoms with Gasteiger partial charge in [0.1, 0.15) is 6.54 Å². The number of likely N-dealkylation sites (tertiary alicyclic amines) is 1. The third kappa shape index (κ3) is 11.6. The van der Waals surface area contributed by atoms with Crippen LogP contribution in [-0.2, 0) is 4.79 Å². The second-order valence-corrected chi connectivity index (χ2v) is 5.68. The lowest BCUT2D eigenvalue weighted by atomic mass is 10.2. The van der Waals surface area contributed by atoms with Gasteiger partial charge >= 0.3 is 0 Å². The van der Waals surface area contributed by atoms with Crippen molar-refractivity contribution >= 4 is 35.8 Å². The molecule has 7 heteroatoms. The van der Waals surface area contributed by atoms with Crippen molar-refractivity contribution in [3.63, 3.8) is 0 Å². The molecule has 1 heterocycles. The number of guanidine groups is 1. The maximum absolute atomic E-state index is 11.4. The van der Waals surface area contributed by atoms with E-state index in [9.17, 15) is 4.79 Å². The maximum atomic E-state index is 11.4. The fourth-order valence-corrected chi connectivity index (χ4v) is 2.61. The smallest absolute Gasteiger partial charge is 0.241 e. The number of halogens is 1. The second-order valence-electron chi connectivity index (χ2n) is 5.68. The molecular weight excluding hydrogens is 405 g/mol. The van der Waals surface area contributed by atoms with Crippen LogP contribution in [0.25, 0.3) is 0 Å². The summed E-state index contributed by atoms with van der Waals surface area (Å²) in [4.78, 5) is 18.3. The zero-order valence-electron chi connectivity index (χ0n) is 14.7. The normalized spacial score (nSPS) is 16.2. The summed E-state index contributed by atoms with van der Waals surface area (Å²) in [5, 5.41) is 9.23. The second kappa shape index (κ2) is 15.0. The minimum Gasteiger partial charge on any atom is -0.357 e. The number of hydrogen-bond acceptors (Lipinski definition) is 3. The van der Waals surface area contributed by atoms with Gasteiger partial charge in [-0.15, -0.1) is 24.0 Å². The number of amides is 1. The van der Waals surface area contributed by atoms with Crippen LogP contribution >= 0.6 is 24.0 Å². The Labute approximate surface area is 158 Å². The molecule has 0 saturated carbocycles. The molecule has 1 aliphatic rings. The molecule has 1 fully saturated rings. The Morgan fingerprint density at radius 1 is 1.00 bits per heavy atom. The van der Waals surface area contributed by atoms with Gasteiger partial charge in [-0.05, 0) is 52.7 Å². The first kappa shape index (κ1) is 22.4. The molecule has 0 aromatic rings. The van der Waals surface area contributed by atoms with E-state index in [1.807, 2.05) is 13.8 Å². The van der Waals surface area contributed by atoms with Crippen molar-refractivity contribution < 1.29 is 4.79 Å². The summed E-state index contributed by atoms with van der Waals surface area (Å²) in [6.07, 6.45) is 6.54. The highest BCUT2D eigenvalue weighted by molar-refractivity contribution is 14.0. The van der Waals surface area contributed by atoms with E-state index in [0.29, 0.717) is 6.54 Å². The van der Waals surface area contributed by atoms with Crippen molar-refractivity contribution in [2.45, 2.75) is 46.0 Å². The number of nitrogens with zero attached hydrogens (tertiary/aromatic N) is 2. The van der Waals surface area contributed by atoms with Crippen LogP contribution in [0.3, 0.4) is 0 Å². The van der Waals surface area contributed by atoms with Gasteiger partial charge in [0.15, 0.2) is 5.96 Å². The van der Waals surface area contributed by atoms with E-state index in [1.165, 1.54) is 38.8 Å². The molecule has 1 saturated heterocycles. The Hall–Kier alpha value is -0.570. The van der Waals surface area contributed by atoms with Crippen LogP contribution in [-0.4, -0.2) is 62.6 Å². The van der Waals surface area contributed by atoms with Gasteiger partial charge in [0.25, 0.3) is 0 Å². The average Bonchev–Trinajstić information content (AvgIpc) is 2.78. The lowest BCUT2D eigenvalue weighted by Gasteiger charge is -2.20. The molecule has 0 atom stereocenters. The van der Waals surface area contributed by atoms with Crippen LogP contribution in [0.15, 0.2) is 4.99 Å². The van der Waals surface area contributed by atoms with Gasteiger partial charge in [-0.3, -0.25) is 4.79 Å². The summed E-state index contributed by atoms with van der Waals surface area (Å²) >= 11 is 0. The Morgan fingerprint density at radius 2 is 1.65 bits per heavy atom. The van der Waals surface area contributed by atoms with Gasteiger partial charge in [-0.25, -0.2) is 4.99 Å². The third-order valence-corrected chi connectivity index (χ3v) is 3.74. The van der Waals surface area contributed by atoms with Crippen molar-refractivity contribution in [3.05, 3.63) is 0 Å². The summed E-state index contributed by atoms with van der Waals surface area (Å²) in [5.74, 6) is 0.689. The molecule has 0 radical (unpaired) electrons. The van der Waals surface area contributed by atoms with E-state index >= 15 is 0 Å². The minimum atomic E-state index is -0.0377. The largest absolute Gasteiger partial charge is 0.357 e. The minimum absolute atomic E-state index is 0. The number of nitrogens with one attached hydrogen (secondary N) is 3. The van der Waals surface area contributed by atoms with E-state index in [0.717, 1.165) is 32.0 Å². The molecule has 0 unspecified atom stereocenters. The van der Waals surface area contributed by atoms with Crippen LogP contribution in [0.1, 0.15) is 46.0 Å². The van der Waals surface area contributed by atoms with Crippen LogP contribution in [0, 0.1) is 0 Å². The van der Waals surface area contributed by atoms with E-state index in [2.05, 4.69) is 25.8 Å². The quantitative estimate of drug-likeness (QED) is 0.233. The summed E-state index contributed by atoms with van der Waals surface area (Å²) in [6, 6.07) is 0. The Balaban J connectivity index is 0.00000484. The summed E-state index contributed by atoms with van der Waals surface area (Å²) in [7, 11) is 0. The highest BCUT2D eigenvalue weighted by Crippen LogP contribution is 2.09. The molecule has 0 bridgehead atoms. The van der Waals surface area contributed by atoms with Crippen LogP contribution in [0.5, 0.6) is 0 Å². The third-order valence-electron chi connectivity index (χ3n) is 3.74. The van der Waals surface area contributed by atoms with Crippen LogP contribution < -0.4 is 16.0 Å². The van der Waals surface area contributed by atoms with Gasteiger partial charge < -0.3 is 20.9 Å². The maximum Gasteiger partial charge on any atom is 0.241 e. The van der Waals surface area contributed by atoms with E-state index in [1.54, 1.807) is 0 Å². The van der Waals surface area contributed by atoms with Gasteiger partial charge in [-0.2, -0.15) is 0 Å². The van der Waals surface area contributed by atoms with Gasteiger partial charge in [0.2, 0.25) is 5.91 Å². The van der Waals surface area contributed by atoms with Gasteiger partial charge in [0, 0.05) is 19.6 Å². The Bertz CT molecular complexity index is 330. The molecule has 3 N–H and O–H groups in total. The molecule has 1 aliphatic heterocycles. The van der Waals surface area contributed by atoms with Gasteiger partial charge in [0.05, 0.1) is 0 Å². The molecule has 0 spiro atoms. The standard InChI is InChI=1S/C16H33N5O.HI/c1-3-17-15(22)14-20-16(18-4-2)19-10-9-13-21-11-7-5-6-8-12-21;/h3-14H2,1-2H3,(H,17,22)(H2,18,19,20);1H. The molecule has 0 aromatic carbocycles. The molecule has 6 nitrogen and oxygen atoms in total. The van der Waals surface area contributed by atoms with Gasteiger partial charge in [-0.1, -0.05) is 12.8 Å². The average molecular weight is 439 g/mol. The SMILES string of the molecule is CCNC(=O)CN=C(NCC)NCCCN1CCCCCC1.I. The Morgan fingerprint density at radius 3 is 2.26 bits per heavy atom. The molecule has 0 aromatic heterocycles. The predicted molar refractivity (Wildman–Crippen MR) is 108 cm³/mol. The Kier molecular flexibility index (Phi) is 14.6. The number of carbonyl (C=O) groups excluding carboxylic acids is 1. The number of likely N-dealkylation sites (N-methyl/N-ethyl adjacent to an activating group) is 1. The molecule has 23 heavy (non-hydrogen) atoms. The molecular formula is C16H34IN5O. The number of carbonyl (C=O) groups is 1. The van der Waals surface area contributed by atoms with E-state index in [4.69, 9.17) is 0 Å². The van der Waals surface area contributed by atoms with Crippen molar-refractivity contribution in [2.75, 3.05) is 45.8 Å². The molecule has 1 amide bonds. The number of aliphatic imine (C=N–C) groups is 1. The lowest BCUT2D eigenvalue weighted by molar-refractivity contribution is -0.119. The van der Waals surface area contributed by atoms with Crippen LogP contribution in [0.4, 0.5) is 0 Å². The summed E-state index contributed by atoms with van der Waals surface area (Å²) in [5.41, 5.74) is 0. The summed E-state index contributed by atoms with van der Waals surface area (Å²) in [6.45, 7) is 10.1. The van der Waals surface area contributed by atoms with Crippen molar-refractivity contribution in [1.82, 2.24) is 20.9 Å². The lowest BCUT2D eigenvalue weighted by Crippen LogP contribution is -2.39. The van der Waals surface area contributed by atoms with Crippen molar-refractivity contribution in [3.8, 4) is 0 Å². The van der Waals surface area contributed by atoms with Crippen molar-refractivity contribution in [1.29, 1.82) is 0 Å². The topological polar surface area (TPSA) is 68.8 Å². The molecule has 0 aliphatic carbocycles. The number of hydrogen-bond donors (Lipinski definition) is 3. The highest BCUT2D eigenvalue weighted by atomic mass is 127. The number of rotatable bonds is 8. The van der Waals surface area contributed by atoms with E-state index in [-0.39, 0.29) is 36.4 Å². The predicted octanol–water partition coefficient (Wildman–Crippen LogP) is 1.56. The molecule has 1 rings (SSSR count). The van der Waals surface area contributed by atoms with E-state index < -0.39 is 0 Å². The molecule has 136 valence electrons.